The van der Waals surface area contributed by atoms with E-state index in [9.17, 15) is 4.79 Å². The van der Waals surface area contributed by atoms with Crippen LogP contribution in [0.15, 0.2) is 72.8 Å². The summed E-state index contributed by atoms with van der Waals surface area (Å²) in [6.07, 6.45) is 4.26. The van der Waals surface area contributed by atoms with Gasteiger partial charge in [-0.15, -0.1) is 15.3 Å². The lowest BCUT2D eigenvalue weighted by atomic mass is 9.86. The SMILES string of the molecule is CC1(C)COC2(CCC(N3CCN(c4ccc(-c5nnc(-c6ccc(C(=O)On7nnc8ccccc87)cc6)s5)cc4)CC3)CC2)OC1. The number of para-hydroxylation sites is 1. The van der Waals surface area contributed by atoms with Gasteiger partial charge in [0.05, 0.1) is 18.8 Å². The first-order chi connectivity index (χ1) is 23.3. The fourth-order valence-corrected chi connectivity index (χ4v) is 7.70. The van der Waals surface area contributed by atoms with Crippen molar-refractivity contribution in [3.8, 4) is 21.1 Å². The molecule has 0 amide bonds. The molecule has 3 fully saturated rings. The van der Waals surface area contributed by atoms with Gasteiger partial charge in [-0.05, 0) is 66.6 Å². The van der Waals surface area contributed by atoms with Gasteiger partial charge in [0.15, 0.2) is 5.79 Å². The van der Waals surface area contributed by atoms with Gasteiger partial charge in [-0.3, -0.25) is 4.90 Å². The summed E-state index contributed by atoms with van der Waals surface area (Å²) in [6.45, 7) is 10.2. The monoisotopic (exact) mass is 665 g/mol. The number of benzene rings is 3. The van der Waals surface area contributed by atoms with Crippen LogP contribution in [0.3, 0.4) is 0 Å². The number of piperazine rings is 1. The standard InChI is InChI=1S/C36H39N7O4S/c1-35(2)23-45-36(46-24-35)17-15-29(16-18-36)42-21-19-41(20-22-42)28-13-11-26(12-14-28)33-39-38-32(48-33)25-7-9-27(10-8-25)34(44)47-43-31-6-4-3-5-30(31)37-40-43/h3-14,29H,15-24H2,1-2H3. The normalized spacial score (nSPS) is 19.9. The maximum absolute atomic E-state index is 12.7. The second kappa shape index (κ2) is 12.7. The summed E-state index contributed by atoms with van der Waals surface area (Å²) in [5.41, 5.74) is 4.94. The van der Waals surface area contributed by atoms with Crippen molar-refractivity contribution in [3.63, 3.8) is 0 Å². The van der Waals surface area contributed by atoms with E-state index in [1.807, 2.05) is 30.3 Å². The summed E-state index contributed by atoms with van der Waals surface area (Å²) in [7, 11) is 0. The van der Waals surface area contributed by atoms with E-state index in [0.29, 0.717) is 22.6 Å². The molecule has 2 aromatic heterocycles. The number of carbonyl (C=O) groups is 1. The third kappa shape index (κ3) is 6.33. The van der Waals surface area contributed by atoms with E-state index in [-0.39, 0.29) is 11.2 Å². The highest BCUT2D eigenvalue weighted by molar-refractivity contribution is 7.17. The van der Waals surface area contributed by atoms with Crippen LogP contribution in [0.5, 0.6) is 0 Å². The number of rotatable bonds is 6. The number of fused-ring (bicyclic) bond motifs is 1. The quantitative estimate of drug-likeness (QED) is 0.209. The van der Waals surface area contributed by atoms with Crippen LogP contribution in [0, 0.1) is 5.41 Å². The molecule has 0 bridgehead atoms. The summed E-state index contributed by atoms with van der Waals surface area (Å²) < 4.78 is 12.5. The Morgan fingerprint density at radius 2 is 1.44 bits per heavy atom. The minimum absolute atomic E-state index is 0.113. The molecule has 1 spiro atoms. The summed E-state index contributed by atoms with van der Waals surface area (Å²) in [6, 6.07) is 23.7. The maximum Gasteiger partial charge on any atom is 0.365 e. The van der Waals surface area contributed by atoms with Crippen molar-refractivity contribution >= 4 is 34.0 Å². The molecule has 0 unspecified atom stereocenters. The number of anilines is 1. The average molecular weight is 666 g/mol. The minimum Gasteiger partial charge on any atom is -0.369 e. The van der Waals surface area contributed by atoms with Crippen LogP contribution in [-0.4, -0.2) is 87.4 Å². The summed E-state index contributed by atoms with van der Waals surface area (Å²) in [5.74, 6) is -0.868. The van der Waals surface area contributed by atoms with Crippen molar-refractivity contribution in [2.75, 3.05) is 44.3 Å². The van der Waals surface area contributed by atoms with Crippen LogP contribution in [0.4, 0.5) is 5.69 Å². The lowest BCUT2D eigenvalue weighted by Crippen LogP contribution is -2.55. The van der Waals surface area contributed by atoms with Crippen LogP contribution in [0.2, 0.25) is 0 Å². The van der Waals surface area contributed by atoms with Gasteiger partial charge >= 0.3 is 5.97 Å². The Labute approximate surface area is 283 Å². The van der Waals surface area contributed by atoms with Gasteiger partial charge < -0.3 is 19.2 Å². The molecule has 0 radical (unpaired) electrons. The van der Waals surface area contributed by atoms with Crippen molar-refractivity contribution in [1.82, 2.24) is 30.3 Å². The lowest BCUT2D eigenvalue weighted by molar-refractivity contribution is -0.312. The number of nitrogens with zero attached hydrogens (tertiary/aromatic N) is 7. The van der Waals surface area contributed by atoms with Crippen molar-refractivity contribution in [2.45, 2.75) is 51.4 Å². The topological polar surface area (TPSA) is 108 Å². The van der Waals surface area contributed by atoms with E-state index in [2.05, 4.69) is 68.4 Å². The molecule has 1 aliphatic carbocycles. The predicted octanol–water partition coefficient (Wildman–Crippen LogP) is 5.72. The van der Waals surface area contributed by atoms with Crippen molar-refractivity contribution in [2.24, 2.45) is 5.41 Å². The van der Waals surface area contributed by atoms with Crippen LogP contribution in [0.25, 0.3) is 32.2 Å². The summed E-state index contributed by atoms with van der Waals surface area (Å²) >= 11 is 1.53. The lowest BCUT2D eigenvalue weighted by Gasteiger charge is -2.49. The molecule has 4 heterocycles. The van der Waals surface area contributed by atoms with Crippen LogP contribution in [-0.2, 0) is 9.47 Å². The minimum atomic E-state index is -0.521. The van der Waals surface area contributed by atoms with Crippen molar-refractivity contribution in [3.05, 3.63) is 78.4 Å². The molecule has 8 rings (SSSR count). The predicted molar refractivity (Wildman–Crippen MR) is 184 cm³/mol. The molecular formula is C36H39N7O4S. The fraction of sp³-hybridized carbons (Fsp3) is 0.417. The Hall–Kier alpha value is -4.23. The zero-order chi connectivity index (χ0) is 32.7. The van der Waals surface area contributed by atoms with E-state index < -0.39 is 5.97 Å². The highest BCUT2D eigenvalue weighted by atomic mass is 32.1. The number of ether oxygens (including phenoxy) is 2. The smallest absolute Gasteiger partial charge is 0.365 e. The van der Waals surface area contributed by atoms with E-state index in [1.54, 1.807) is 18.2 Å². The van der Waals surface area contributed by atoms with Gasteiger partial charge in [-0.2, -0.15) is 0 Å². The molecule has 0 atom stereocenters. The highest BCUT2D eigenvalue weighted by Gasteiger charge is 2.44. The third-order valence-corrected chi connectivity index (χ3v) is 10.8. The molecule has 12 heteroatoms. The molecule has 2 saturated heterocycles. The van der Waals surface area contributed by atoms with Gasteiger partial charge in [0.2, 0.25) is 0 Å². The molecule has 5 aromatic rings. The maximum atomic E-state index is 12.7. The summed E-state index contributed by atoms with van der Waals surface area (Å²) in [4.78, 5) is 24.5. The largest absolute Gasteiger partial charge is 0.369 e. The van der Waals surface area contributed by atoms with Gasteiger partial charge in [0.1, 0.15) is 21.0 Å². The van der Waals surface area contributed by atoms with Crippen molar-refractivity contribution in [1.29, 1.82) is 0 Å². The van der Waals surface area contributed by atoms with E-state index in [4.69, 9.17) is 14.3 Å². The molecule has 2 aliphatic heterocycles. The second-order valence-corrected chi connectivity index (χ2v) is 14.8. The molecule has 1 saturated carbocycles. The van der Waals surface area contributed by atoms with Gasteiger partial charge in [0, 0.05) is 67.3 Å². The Morgan fingerprint density at radius 3 is 2.10 bits per heavy atom. The fourth-order valence-electron chi connectivity index (χ4n) is 6.84. The third-order valence-electron chi connectivity index (χ3n) is 9.76. The van der Waals surface area contributed by atoms with Crippen LogP contribution >= 0.6 is 11.3 Å². The van der Waals surface area contributed by atoms with Gasteiger partial charge in [-0.25, -0.2) is 4.79 Å². The van der Waals surface area contributed by atoms with Gasteiger partial charge in [-0.1, -0.05) is 54.3 Å². The Kier molecular flexibility index (Phi) is 8.19. The molecule has 11 nitrogen and oxygen atoms in total. The molecule has 48 heavy (non-hydrogen) atoms. The Bertz CT molecular complexity index is 1880. The first-order valence-electron chi connectivity index (χ1n) is 16.7. The first-order valence-corrected chi connectivity index (χ1v) is 17.5. The van der Waals surface area contributed by atoms with E-state index in [0.717, 1.165) is 91.1 Å². The average Bonchev–Trinajstić information content (AvgIpc) is 3.79. The summed E-state index contributed by atoms with van der Waals surface area (Å²) in [5, 5.41) is 18.5. The Morgan fingerprint density at radius 1 is 0.812 bits per heavy atom. The van der Waals surface area contributed by atoms with Crippen molar-refractivity contribution < 1.29 is 19.1 Å². The number of carbonyl (C=O) groups excluding carboxylic acids is 1. The van der Waals surface area contributed by atoms with Crippen LogP contribution in [0.1, 0.15) is 49.9 Å². The highest BCUT2D eigenvalue weighted by Crippen LogP contribution is 2.40. The van der Waals surface area contributed by atoms with Gasteiger partial charge in [0.25, 0.3) is 0 Å². The zero-order valence-electron chi connectivity index (χ0n) is 27.2. The number of hydrogen-bond acceptors (Lipinski definition) is 11. The van der Waals surface area contributed by atoms with E-state index >= 15 is 0 Å². The molecule has 0 N–H and O–H groups in total. The first kappa shape index (κ1) is 31.1. The molecule has 3 aliphatic rings. The Balaban J connectivity index is 0.840. The number of hydrogen-bond donors (Lipinski definition) is 0. The zero-order valence-corrected chi connectivity index (χ0v) is 28.1. The molecule has 3 aromatic carbocycles. The molecular weight excluding hydrogens is 627 g/mol. The second-order valence-electron chi connectivity index (χ2n) is 13.8. The van der Waals surface area contributed by atoms with E-state index in [1.165, 1.54) is 17.0 Å². The van der Waals surface area contributed by atoms with Crippen LogP contribution < -0.4 is 9.74 Å². The number of aromatic nitrogens is 5. The molecule has 248 valence electrons.